The maximum Gasteiger partial charge on any atom is 0.127 e. The van der Waals surface area contributed by atoms with Crippen LogP contribution in [-0.2, 0) is 0 Å². The minimum absolute atomic E-state index is 0.470. The lowest BCUT2D eigenvalue weighted by atomic mass is 9.97. The lowest BCUT2D eigenvalue weighted by Crippen LogP contribution is -1.96. The summed E-state index contributed by atoms with van der Waals surface area (Å²) in [6, 6.07) is 16.9. The van der Waals surface area contributed by atoms with E-state index in [-0.39, 0.29) is 0 Å². The molecule has 4 heteroatoms. The lowest BCUT2D eigenvalue weighted by Gasteiger charge is -2.10. The van der Waals surface area contributed by atoms with Crippen LogP contribution in [0.2, 0.25) is 0 Å². The summed E-state index contributed by atoms with van der Waals surface area (Å²) >= 11 is 3.50. The molecule has 0 radical (unpaired) electrons. The molecule has 3 heterocycles. The number of nitrogens with two attached hydrogens (primary N) is 1. The second-order valence-electron chi connectivity index (χ2n) is 7.00. The van der Waals surface area contributed by atoms with Crippen molar-refractivity contribution in [1.29, 1.82) is 0 Å². The number of fused-ring (bicyclic) bond motifs is 1. The van der Waals surface area contributed by atoms with Crippen LogP contribution in [0.15, 0.2) is 53.9 Å². The molecule has 27 heavy (non-hydrogen) atoms. The van der Waals surface area contributed by atoms with Crippen molar-refractivity contribution in [2.75, 3.05) is 5.73 Å². The van der Waals surface area contributed by atoms with Crippen molar-refractivity contribution in [3.05, 3.63) is 58.8 Å². The second-order valence-corrected chi connectivity index (χ2v) is 8.98. The number of benzene rings is 1. The molecule has 3 aromatic heterocycles. The van der Waals surface area contributed by atoms with Crippen LogP contribution >= 0.6 is 22.7 Å². The minimum atomic E-state index is 0.470. The summed E-state index contributed by atoms with van der Waals surface area (Å²) in [4.78, 5) is 8.53. The molecule has 0 aliphatic heterocycles. The van der Waals surface area contributed by atoms with Crippen molar-refractivity contribution in [3.8, 4) is 21.7 Å². The van der Waals surface area contributed by atoms with Gasteiger partial charge in [-0.05, 0) is 41.0 Å². The lowest BCUT2D eigenvalue weighted by molar-refractivity contribution is 0.633. The molecule has 0 spiro atoms. The van der Waals surface area contributed by atoms with E-state index in [0.29, 0.717) is 5.92 Å². The highest BCUT2D eigenvalue weighted by Crippen LogP contribution is 2.45. The predicted octanol–water partition coefficient (Wildman–Crippen LogP) is 7.57. The van der Waals surface area contributed by atoms with E-state index < -0.39 is 0 Å². The largest absolute Gasteiger partial charge is 0.397 e. The van der Waals surface area contributed by atoms with Crippen LogP contribution in [0, 0.1) is 0 Å². The van der Waals surface area contributed by atoms with Crippen LogP contribution in [0.3, 0.4) is 0 Å². The zero-order valence-electron chi connectivity index (χ0n) is 15.7. The number of hydrogen-bond donors (Lipinski definition) is 1. The molecular weight excluding hydrogens is 368 g/mol. The summed E-state index contributed by atoms with van der Waals surface area (Å²) < 4.78 is 0. The van der Waals surface area contributed by atoms with Crippen molar-refractivity contribution >= 4 is 38.6 Å². The van der Waals surface area contributed by atoms with Crippen LogP contribution in [-0.4, -0.2) is 4.98 Å². The summed E-state index contributed by atoms with van der Waals surface area (Å²) in [7, 11) is 0. The molecule has 138 valence electrons. The quantitative estimate of drug-likeness (QED) is 0.367. The van der Waals surface area contributed by atoms with Crippen LogP contribution in [0.25, 0.3) is 31.9 Å². The van der Waals surface area contributed by atoms with Crippen LogP contribution in [0.4, 0.5) is 5.69 Å². The van der Waals surface area contributed by atoms with Gasteiger partial charge >= 0.3 is 0 Å². The van der Waals surface area contributed by atoms with Crippen LogP contribution < -0.4 is 5.73 Å². The van der Waals surface area contributed by atoms with E-state index in [2.05, 4.69) is 67.8 Å². The highest BCUT2D eigenvalue weighted by Gasteiger charge is 2.20. The first-order chi connectivity index (χ1) is 13.2. The van der Waals surface area contributed by atoms with E-state index in [9.17, 15) is 0 Å². The third-order valence-electron chi connectivity index (χ3n) is 5.02. The Morgan fingerprint density at radius 3 is 2.63 bits per heavy atom. The molecular formula is C23H24N2S2. The first-order valence-corrected chi connectivity index (χ1v) is 11.2. The third kappa shape index (κ3) is 3.52. The fourth-order valence-corrected chi connectivity index (χ4v) is 5.43. The van der Waals surface area contributed by atoms with E-state index in [1.165, 1.54) is 40.1 Å². The SMILES string of the molecule is CCCC[C@@H](C)c1sc2nc(-c3cccs3)cc(-c3ccccc3)c2c1N. The molecule has 0 saturated carbocycles. The normalized spacial score (nSPS) is 12.5. The number of aromatic nitrogens is 1. The highest BCUT2D eigenvalue weighted by molar-refractivity contribution is 7.19. The van der Waals surface area contributed by atoms with Gasteiger partial charge in [0.25, 0.3) is 0 Å². The number of rotatable bonds is 6. The monoisotopic (exact) mass is 392 g/mol. The Hall–Kier alpha value is -2.17. The van der Waals surface area contributed by atoms with Gasteiger partial charge < -0.3 is 5.73 Å². The Balaban J connectivity index is 1.93. The Kier molecular flexibility index (Phi) is 5.28. The van der Waals surface area contributed by atoms with E-state index in [4.69, 9.17) is 10.7 Å². The van der Waals surface area contributed by atoms with Crippen molar-refractivity contribution in [3.63, 3.8) is 0 Å². The van der Waals surface area contributed by atoms with E-state index in [0.717, 1.165) is 21.6 Å². The molecule has 0 amide bonds. The molecule has 1 atom stereocenters. The number of hydrogen-bond acceptors (Lipinski definition) is 4. The number of anilines is 1. The summed E-state index contributed by atoms with van der Waals surface area (Å²) in [6.45, 7) is 4.53. The predicted molar refractivity (Wildman–Crippen MR) is 121 cm³/mol. The minimum Gasteiger partial charge on any atom is -0.397 e. The molecule has 0 fully saturated rings. The molecule has 4 aromatic rings. The molecule has 4 rings (SSSR count). The van der Waals surface area contributed by atoms with Gasteiger partial charge in [-0.15, -0.1) is 22.7 Å². The van der Waals surface area contributed by atoms with Gasteiger partial charge in [-0.3, -0.25) is 0 Å². The Morgan fingerprint density at radius 2 is 1.93 bits per heavy atom. The summed E-state index contributed by atoms with van der Waals surface area (Å²) in [5.74, 6) is 0.470. The Labute approximate surface area is 168 Å². The Morgan fingerprint density at radius 1 is 1.11 bits per heavy atom. The molecule has 0 bridgehead atoms. The van der Waals surface area contributed by atoms with Gasteiger partial charge in [0.1, 0.15) is 4.83 Å². The molecule has 2 N–H and O–H groups in total. The van der Waals surface area contributed by atoms with Crippen molar-refractivity contribution < 1.29 is 0 Å². The standard InChI is InChI=1S/C23H24N2S2/c1-3-4-9-15(2)22-21(24)20-17(16-10-6-5-7-11-16)14-18(25-23(20)27-22)19-12-8-13-26-19/h5-8,10-15H,3-4,9,24H2,1-2H3/t15-/m1/s1. The van der Waals surface area contributed by atoms with Gasteiger partial charge in [-0.25, -0.2) is 4.98 Å². The number of thiophene rings is 2. The zero-order chi connectivity index (χ0) is 18.8. The highest BCUT2D eigenvalue weighted by atomic mass is 32.1. The number of nitrogen functional groups attached to an aromatic ring is 1. The molecule has 0 aliphatic rings. The first kappa shape index (κ1) is 18.2. The van der Waals surface area contributed by atoms with Gasteiger partial charge in [-0.1, -0.05) is 63.1 Å². The van der Waals surface area contributed by atoms with Gasteiger partial charge in [0.05, 0.1) is 16.3 Å². The zero-order valence-corrected chi connectivity index (χ0v) is 17.4. The maximum absolute atomic E-state index is 6.69. The molecule has 2 nitrogen and oxygen atoms in total. The summed E-state index contributed by atoms with van der Waals surface area (Å²) in [5, 5.41) is 3.22. The van der Waals surface area contributed by atoms with Crippen molar-refractivity contribution in [1.82, 2.24) is 4.98 Å². The maximum atomic E-state index is 6.69. The number of pyridine rings is 1. The Bertz CT molecular complexity index is 1030. The van der Waals surface area contributed by atoms with Gasteiger partial charge in [0, 0.05) is 10.3 Å². The first-order valence-electron chi connectivity index (χ1n) is 9.51. The summed E-state index contributed by atoms with van der Waals surface area (Å²) in [6.07, 6.45) is 3.62. The third-order valence-corrected chi connectivity index (χ3v) is 7.25. The van der Waals surface area contributed by atoms with E-state index in [1.807, 2.05) is 0 Å². The van der Waals surface area contributed by atoms with E-state index in [1.54, 1.807) is 22.7 Å². The second kappa shape index (κ2) is 7.83. The molecule has 0 unspecified atom stereocenters. The average molecular weight is 393 g/mol. The van der Waals surface area contributed by atoms with Gasteiger partial charge in [-0.2, -0.15) is 0 Å². The molecule has 1 aromatic carbocycles. The fraction of sp³-hybridized carbons (Fsp3) is 0.261. The molecule has 0 saturated heterocycles. The average Bonchev–Trinajstić information content (AvgIpc) is 3.35. The van der Waals surface area contributed by atoms with Crippen molar-refractivity contribution in [2.45, 2.75) is 39.0 Å². The smallest absolute Gasteiger partial charge is 0.127 e. The van der Waals surface area contributed by atoms with Crippen molar-refractivity contribution in [2.24, 2.45) is 0 Å². The summed E-state index contributed by atoms with van der Waals surface area (Å²) in [5.41, 5.74) is 11.0. The topological polar surface area (TPSA) is 38.9 Å². The van der Waals surface area contributed by atoms with Gasteiger partial charge in [0.15, 0.2) is 0 Å². The van der Waals surface area contributed by atoms with Crippen LogP contribution in [0.1, 0.15) is 43.9 Å². The van der Waals surface area contributed by atoms with Gasteiger partial charge in [0.2, 0.25) is 0 Å². The fourth-order valence-electron chi connectivity index (χ4n) is 3.54. The number of unbranched alkanes of at least 4 members (excludes halogenated alkanes) is 1. The van der Waals surface area contributed by atoms with Crippen LogP contribution in [0.5, 0.6) is 0 Å². The molecule has 0 aliphatic carbocycles. The number of nitrogens with zero attached hydrogens (tertiary/aromatic N) is 1. The van der Waals surface area contributed by atoms with E-state index >= 15 is 0 Å².